The highest BCUT2D eigenvalue weighted by molar-refractivity contribution is 6.39. The van der Waals surface area contributed by atoms with Crippen LogP contribution in [-0.4, -0.2) is 113 Å². The lowest BCUT2D eigenvalue weighted by Gasteiger charge is -2.42. The Morgan fingerprint density at radius 3 is 2.36 bits per heavy atom. The average molecular weight is 828 g/mol. The van der Waals surface area contributed by atoms with Gasteiger partial charge in [0.2, 0.25) is 5.79 Å². The van der Waals surface area contributed by atoms with E-state index in [0.29, 0.717) is 69.8 Å². The van der Waals surface area contributed by atoms with Gasteiger partial charge in [0.25, 0.3) is 11.7 Å². The van der Waals surface area contributed by atoms with Crippen LogP contribution in [0.2, 0.25) is 0 Å². The largest absolute Gasteiger partial charge is 0.460 e. The molecule has 0 spiro atoms. The van der Waals surface area contributed by atoms with Gasteiger partial charge in [-0.2, -0.15) is 0 Å². The van der Waals surface area contributed by atoms with Crippen LogP contribution in [0.3, 0.4) is 0 Å². The van der Waals surface area contributed by atoms with Crippen LogP contribution in [0.5, 0.6) is 0 Å². The van der Waals surface area contributed by atoms with E-state index in [4.69, 9.17) is 18.9 Å². The minimum absolute atomic E-state index is 0.0316. The minimum Gasteiger partial charge on any atom is -0.460 e. The molecule has 3 fully saturated rings. The highest BCUT2D eigenvalue weighted by atomic mass is 16.6. The van der Waals surface area contributed by atoms with E-state index in [1.165, 1.54) is 4.90 Å². The number of aliphatic hydroxyl groups excluding tert-OH is 2. The molecule has 3 heterocycles. The Balaban J connectivity index is 1.65. The van der Waals surface area contributed by atoms with Gasteiger partial charge in [0.05, 0.1) is 30.5 Å². The summed E-state index contributed by atoms with van der Waals surface area (Å²) in [6.45, 7) is 11.5. The third kappa shape index (κ3) is 13.2. The number of hydrogen-bond donors (Lipinski definition) is 3. The standard InChI is InChI=1S/C47H73NO11/c1-29-14-10-9-11-15-31(3)42(56-7)27-36-20-18-34(6)47(55,59-36)44(52)45(53)48-23-13-12-16-37(48)46(54)58-41(22-17-30(2)39(50)28-40(51)32(4)24-29)33(5)25-35-19-21-38(49)43(26-35)57-8/h9-11,14-15,17,29,32-39,41-43,49-50,55H,12-13,16,18-28H2,1-8H3/b11-9+,14-10+,30-17+,31-15?/t29-,32-,33-,34-,35+,36+,37+,38-,39+,41?,42+,43-,47-/m1/s1. The molecule has 0 aromatic heterocycles. The number of esters is 1. The van der Waals surface area contributed by atoms with Crippen molar-refractivity contribution in [3.05, 3.63) is 47.6 Å². The Hall–Kier alpha value is -3.00. The summed E-state index contributed by atoms with van der Waals surface area (Å²) in [6.07, 6.45) is 14.7. The van der Waals surface area contributed by atoms with E-state index in [1.54, 1.807) is 28.1 Å². The molecule has 0 radical (unpaired) electrons. The zero-order valence-electron chi connectivity index (χ0n) is 36.8. The molecule has 0 aromatic rings. The molecule has 4 rings (SSSR count). The second kappa shape index (κ2) is 22.7. The predicted octanol–water partition coefficient (Wildman–Crippen LogP) is 6.35. The maximum absolute atomic E-state index is 14.2. The zero-order valence-corrected chi connectivity index (χ0v) is 36.8. The summed E-state index contributed by atoms with van der Waals surface area (Å²) in [5.74, 6) is -5.85. The number of carbonyl (C=O) groups is 4. The maximum atomic E-state index is 14.2. The summed E-state index contributed by atoms with van der Waals surface area (Å²) in [5, 5.41) is 33.5. The lowest BCUT2D eigenvalue weighted by atomic mass is 9.79. The van der Waals surface area contributed by atoms with E-state index in [-0.39, 0.29) is 61.0 Å². The lowest BCUT2D eigenvalue weighted by molar-refractivity contribution is -0.265. The van der Waals surface area contributed by atoms with Crippen molar-refractivity contribution in [1.82, 2.24) is 4.90 Å². The molecule has 59 heavy (non-hydrogen) atoms. The summed E-state index contributed by atoms with van der Waals surface area (Å²) in [6, 6.07) is -1.04. The van der Waals surface area contributed by atoms with Crippen molar-refractivity contribution in [3.63, 3.8) is 0 Å². The van der Waals surface area contributed by atoms with Gasteiger partial charge in [-0.3, -0.25) is 14.4 Å². The van der Waals surface area contributed by atoms with E-state index in [9.17, 15) is 34.5 Å². The van der Waals surface area contributed by atoms with Crippen LogP contribution >= 0.6 is 0 Å². The second-order valence-electron chi connectivity index (χ2n) is 18.1. The number of hydrogen-bond acceptors (Lipinski definition) is 11. The molecule has 332 valence electrons. The minimum atomic E-state index is -2.38. The maximum Gasteiger partial charge on any atom is 0.329 e. The van der Waals surface area contributed by atoms with Crippen molar-refractivity contribution >= 4 is 23.4 Å². The summed E-state index contributed by atoms with van der Waals surface area (Å²) < 4.78 is 23.8. The third-order valence-electron chi connectivity index (χ3n) is 13.4. The normalized spacial score (nSPS) is 39.4. The van der Waals surface area contributed by atoms with Gasteiger partial charge in [-0.25, -0.2) is 4.79 Å². The molecule has 1 unspecified atom stereocenters. The lowest BCUT2D eigenvalue weighted by Crippen LogP contribution is -2.61. The zero-order chi connectivity index (χ0) is 43.4. The molecular formula is C47H73NO11. The number of amides is 1. The average Bonchev–Trinajstić information content (AvgIpc) is 3.21. The van der Waals surface area contributed by atoms with Gasteiger partial charge in [0.1, 0.15) is 17.9 Å². The number of piperidine rings is 1. The van der Waals surface area contributed by atoms with E-state index in [0.717, 1.165) is 12.0 Å². The first kappa shape index (κ1) is 48.7. The number of Topliss-reactive ketones (excluding diaryl/α,β-unsaturated/α-hetero) is 2. The Bertz CT molecular complexity index is 1550. The van der Waals surface area contributed by atoms with Gasteiger partial charge in [0, 0.05) is 51.9 Å². The van der Waals surface area contributed by atoms with Crippen molar-refractivity contribution in [2.45, 2.75) is 173 Å². The topological polar surface area (TPSA) is 169 Å². The molecule has 13 atom stereocenters. The van der Waals surface area contributed by atoms with Gasteiger partial charge >= 0.3 is 5.97 Å². The van der Waals surface area contributed by atoms with Crippen molar-refractivity contribution < 1.29 is 53.4 Å². The molecule has 0 aromatic carbocycles. The first-order valence-corrected chi connectivity index (χ1v) is 22.1. The molecule has 12 nitrogen and oxygen atoms in total. The van der Waals surface area contributed by atoms with Crippen LogP contribution < -0.4 is 0 Å². The Kier molecular flexibility index (Phi) is 18.7. The highest BCUT2D eigenvalue weighted by Gasteiger charge is 2.53. The van der Waals surface area contributed by atoms with E-state index in [1.807, 2.05) is 57.2 Å². The van der Waals surface area contributed by atoms with Crippen LogP contribution in [0.15, 0.2) is 47.6 Å². The molecular weight excluding hydrogens is 755 g/mol. The number of aliphatic hydroxyl groups is 3. The molecule has 1 saturated carbocycles. The van der Waals surface area contributed by atoms with Crippen molar-refractivity contribution in [1.29, 1.82) is 0 Å². The molecule has 1 aliphatic carbocycles. The number of ether oxygens (including phenoxy) is 4. The summed E-state index contributed by atoms with van der Waals surface area (Å²) in [5.41, 5.74) is 1.51. The Morgan fingerprint density at radius 1 is 0.898 bits per heavy atom. The number of rotatable bonds is 5. The number of cyclic esters (lactones) is 1. The van der Waals surface area contributed by atoms with Crippen LogP contribution in [0.25, 0.3) is 0 Å². The fourth-order valence-electron chi connectivity index (χ4n) is 9.27. The molecule has 3 N–H and O–H groups in total. The van der Waals surface area contributed by atoms with Gasteiger partial charge in [0.15, 0.2) is 0 Å². The molecule has 3 aliphatic heterocycles. The summed E-state index contributed by atoms with van der Waals surface area (Å²) in [4.78, 5) is 57.0. The van der Waals surface area contributed by atoms with Crippen LogP contribution in [0.4, 0.5) is 0 Å². The van der Waals surface area contributed by atoms with Gasteiger partial charge in [-0.1, -0.05) is 64.2 Å². The van der Waals surface area contributed by atoms with Crippen molar-refractivity contribution in [3.8, 4) is 0 Å². The number of carbonyl (C=O) groups excluding carboxylic acids is 4. The Labute approximate surface area is 352 Å². The molecule has 12 heteroatoms. The number of nitrogens with zero attached hydrogens (tertiary/aromatic N) is 1. The monoisotopic (exact) mass is 828 g/mol. The highest BCUT2D eigenvalue weighted by Crippen LogP contribution is 2.37. The predicted molar refractivity (Wildman–Crippen MR) is 225 cm³/mol. The number of fused-ring (bicyclic) bond motifs is 3. The second-order valence-corrected chi connectivity index (χ2v) is 18.1. The Morgan fingerprint density at radius 2 is 1.64 bits per heavy atom. The summed E-state index contributed by atoms with van der Waals surface area (Å²) >= 11 is 0. The quantitative estimate of drug-likeness (QED) is 0.161. The molecule has 2 saturated heterocycles. The van der Waals surface area contributed by atoms with Gasteiger partial charge < -0.3 is 39.2 Å². The third-order valence-corrected chi connectivity index (χ3v) is 13.4. The van der Waals surface area contributed by atoms with Crippen molar-refractivity contribution in [2.75, 3.05) is 20.8 Å². The SMILES string of the molecule is CO[C@H]1C[C@@H]2CC[C@@H](C)[C@@](O)(O2)C(=O)C(=O)N2CCCC[C@H]2C(=O)OC([C@H](C)C[C@@H]2CC[C@@H](O)[C@H](OC)C2)C/C=C(\C)[C@@H](O)CC(=O)[C@H](C)C[C@H](C)/C=C/C=C/C=C1C. The fourth-order valence-corrected chi connectivity index (χ4v) is 9.27. The van der Waals surface area contributed by atoms with E-state index in [2.05, 4.69) is 6.92 Å². The van der Waals surface area contributed by atoms with Gasteiger partial charge in [-0.15, -0.1) is 0 Å². The molecule has 1 amide bonds. The van der Waals surface area contributed by atoms with Gasteiger partial charge in [-0.05, 0) is 107 Å². The smallest absolute Gasteiger partial charge is 0.329 e. The van der Waals surface area contributed by atoms with E-state index < -0.39 is 59.8 Å². The fraction of sp³-hybridized carbons (Fsp3) is 0.745. The van der Waals surface area contributed by atoms with E-state index >= 15 is 0 Å². The number of allylic oxidation sites excluding steroid dienone is 5. The van der Waals surface area contributed by atoms with Crippen molar-refractivity contribution in [2.24, 2.45) is 29.6 Å². The summed E-state index contributed by atoms with van der Waals surface area (Å²) in [7, 11) is 3.19. The van der Waals surface area contributed by atoms with Crippen LogP contribution in [0, 0.1) is 29.6 Å². The van der Waals surface area contributed by atoms with Crippen LogP contribution in [0.1, 0.15) is 125 Å². The first-order chi connectivity index (χ1) is 28.0. The number of methoxy groups -OCH3 is 2. The van der Waals surface area contributed by atoms with Crippen LogP contribution in [-0.2, 0) is 38.1 Å². The first-order valence-electron chi connectivity index (χ1n) is 22.1. The molecule has 2 bridgehead atoms. The number of ketones is 2. The molecule has 4 aliphatic rings.